The molecule has 0 saturated carbocycles. The van der Waals surface area contributed by atoms with Crippen LogP contribution < -0.4 is 0 Å². The third-order valence-electron chi connectivity index (χ3n) is 3.48. The Kier molecular flexibility index (Phi) is 4.25. The van der Waals surface area contributed by atoms with Crippen LogP contribution in [0.4, 0.5) is 4.39 Å². The van der Waals surface area contributed by atoms with E-state index in [0.29, 0.717) is 23.0 Å². The van der Waals surface area contributed by atoms with Crippen LogP contribution in [0.2, 0.25) is 5.02 Å². The first-order valence-corrected chi connectivity index (χ1v) is 8.67. The number of halogens is 2. The molecule has 4 aromatic rings. The second-order valence-electron chi connectivity index (χ2n) is 5.30. The van der Waals surface area contributed by atoms with Gasteiger partial charge in [-0.2, -0.15) is 4.80 Å². The lowest BCUT2D eigenvalue weighted by atomic mass is 10.2. The van der Waals surface area contributed by atoms with Crippen molar-refractivity contribution in [3.8, 4) is 22.0 Å². The van der Waals surface area contributed by atoms with Gasteiger partial charge in [-0.1, -0.05) is 35.9 Å². The molecule has 8 heteroatoms. The number of hydrogen-bond donors (Lipinski definition) is 0. The first-order valence-electron chi connectivity index (χ1n) is 7.41. The molecule has 0 radical (unpaired) electrons. The van der Waals surface area contributed by atoms with E-state index >= 15 is 0 Å². The molecule has 0 aliphatic heterocycles. The Hall–Kier alpha value is -2.64. The Balaban J connectivity index is 1.52. The molecule has 0 N–H and O–H groups in total. The molecule has 4 rings (SSSR count). The highest BCUT2D eigenvalue weighted by molar-refractivity contribution is 7.13. The highest BCUT2D eigenvalue weighted by atomic mass is 35.5. The predicted molar refractivity (Wildman–Crippen MR) is 94.9 cm³/mol. The van der Waals surface area contributed by atoms with Gasteiger partial charge in [0.05, 0.1) is 5.69 Å². The number of aromatic nitrogens is 5. The monoisotopic (exact) mass is 371 g/mol. The lowest BCUT2D eigenvalue weighted by molar-refractivity contribution is 0.566. The Morgan fingerprint density at radius 1 is 1.08 bits per heavy atom. The molecule has 2 aromatic heterocycles. The van der Waals surface area contributed by atoms with Gasteiger partial charge < -0.3 is 0 Å². The maximum Gasteiger partial charge on any atom is 0.205 e. The smallest absolute Gasteiger partial charge is 0.205 e. The summed E-state index contributed by atoms with van der Waals surface area (Å²) in [6, 6.07) is 13.6. The molecule has 2 aromatic carbocycles. The molecule has 25 heavy (non-hydrogen) atoms. The SMILES string of the molecule is Fc1cccc(-c2nnn(Cc3csc(-c4ccc(Cl)cc4)n3)n2)c1. The van der Waals surface area contributed by atoms with Crippen LogP contribution >= 0.6 is 22.9 Å². The number of thiazole rings is 1. The second kappa shape index (κ2) is 6.70. The van der Waals surface area contributed by atoms with Gasteiger partial charge in [-0.25, -0.2) is 9.37 Å². The maximum atomic E-state index is 13.3. The van der Waals surface area contributed by atoms with E-state index in [2.05, 4.69) is 20.4 Å². The number of rotatable bonds is 4. The Morgan fingerprint density at radius 2 is 1.92 bits per heavy atom. The molecular formula is C17H11ClFN5S. The molecule has 0 aliphatic rings. The minimum absolute atomic E-state index is 0.332. The van der Waals surface area contributed by atoms with Gasteiger partial charge in [-0.3, -0.25) is 0 Å². The third-order valence-corrected chi connectivity index (χ3v) is 4.67. The average Bonchev–Trinajstić information content (AvgIpc) is 3.26. The molecule has 2 heterocycles. The van der Waals surface area contributed by atoms with E-state index in [1.807, 2.05) is 29.6 Å². The molecule has 0 spiro atoms. The van der Waals surface area contributed by atoms with Gasteiger partial charge in [0.15, 0.2) is 0 Å². The minimum atomic E-state index is -0.332. The summed E-state index contributed by atoms with van der Waals surface area (Å²) in [7, 11) is 0. The fraction of sp³-hybridized carbons (Fsp3) is 0.0588. The Bertz CT molecular complexity index is 1010. The van der Waals surface area contributed by atoms with Gasteiger partial charge in [-0.05, 0) is 29.5 Å². The second-order valence-corrected chi connectivity index (χ2v) is 6.60. The summed E-state index contributed by atoms with van der Waals surface area (Å²) < 4.78 is 13.3. The molecule has 0 saturated heterocycles. The maximum absolute atomic E-state index is 13.3. The standard InChI is InChI=1S/C17H11ClFN5S/c18-13-6-4-11(5-7-13)17-20-15(10-25-17)9-24-22-16(21-23-24)12-2-1-3-14(19)8-12/h1-8,10H,9H2. The number of nitrogens with zero attached hydrogens (tertiary/aromatic N) is 5. The summed E-state index contributed by atoms with van der Waals surface area (Å²) in [6.07, 6.45) is 0. The molecule has 124 valence electrons. The van der Waals surface area contributed by atoms with Crippen LogP contribution in [0.3, 0.4) is 0 Å². The van der Waals surface area contributed by atoms with Crippen molar-refractivity contribution >= 4 is 22.9 Å². The largest absolute Gasteiger partial charge is 0.239 e. The zero-order valence-corrected chi connectivity index (χ0v) is 14.4. The van der Waals surface area contributed by atoms with E-state index in [-0.39, 0.29) is 5.82 Å². The third kappa shape index (κ3) is 3.57. The van der Waals surface area contributed by atoms with E-state index in [1.54, 1.807) is 12.1 Å². The van der Waals surface area contributed by atoms with Crippen molar-refractivity contribution in [1.29, 1.82) is 0 Å². The molecule has 5 nitrogen and oxygen atoms in total. The Morgan fingerprint density at radius 3 is 2.72 bits per heavy atom. The van der Waals surface area contributed by atoms with Gasteiger partial charge in [0.25, 0.3) is 0 Å². The molecule has 0 aliphatic carbocycles. The van der Waals surface area contributed by atoms with Crippen molar-refractivity contribution in [2.75, 3.05) is 0 Å². The van der Waals surface area contributed by atoms with Gasteiger partial charge in [0, 0.05) is 21.5 Å². The van der Waals surface area contributed by atoms with Crippen molar-refractivity contribution in [2.45, 2.75) is 6.54 Å². The van der Waals surface area contributed by atoms with E-state index in [4.69, 9.17) is 11.6 Å². The first kappa shape index (κ1) is 15.9. The summed E-state index contributed by atoms with van der Waals surface area (Å²) >= 11 is 7.45. The van der Waals surface area contributed by atoms with Gasteiger partial charge >= 0.3 is 0 Å². The van der Waals surface area contributed by atoms with Crippen LogP contribution in [0.1, 0.15) is 5.69 Å². The topological polar surface area (TPSA) is 56.5 Å². The summed E-state index contributed by atoms with van der Waals surface area (Å²) in [5.41, 5.74) is 2.43. The van der Waals surface area contributed by atoms with Crippen molar-refractivity contribution < 1.29 is 4.39 Å². The number of benzene rings is 2. The van der Waals surface area contributed by atoms with Crippen molar-refractivity contribution in [3.63, 3.8) is 0 Å². The fourth-order valence-corrected chi connectivity index (χ4v) is 3.25. The summed E-state index contributed by atoms with van der Waals surface area (Å²) in [6.45, 7) is 0.395. The molecule has 0 bridgehead atoms. The lowest BCUT2D eigenvalue weighted by Gasteiger charge is -1.97. The van der Waals surface area contributed by atoms with E-state index in [1.165, 1.54) is 28.3 Å². The predicted octanol–water partition coefficient (Wildman–Crippen LogP) is 4.30. The van der Waals surface area contributed by atoms with E-state index in [0.717, 1.165) is 16.3 Å². The lowest BCUT2D eigenvalue weighted by Crippen LogP contribution is -2.04. The number of hydrogen-bond acceptors (Lipinski definition) is 5. The summed E-state index contributed by atoms with van der Waals surface area (Å²) in [4.78, 5) is 6.03. The van der Waals surface area contributed by atoms with Crippen LogP contribution in [0.5, 0.6) is 0 Å². The van der Waals surface area contributed by atoms with Crippen LogP contribution in [-0.4, -0.2) is 25.2 Å². The molecule has 0 unspecified atom stereocenters. The van der Waals surface area contributed by atoms with Crippen molar-refractivity contribution in [1.82, 2.24) is 25.2 Å². The minimum Gasteiger partial charge on any atom is -0.239 e. The quantitative estimate of drug-likeness (QED) is 0.536. The van der Waals surface area contributed by atoms with Crippen molar-refractivity contribution in [3.05, 3.63) is 70.4 Å². The summed E-state index contributed by atoms with van der Waals surface area (Å²) in [5, 5.41) is 15.8. The zero-order chi connectivity index (χ0) is 17.2. The molecular weight excluding hydrogens is 361 g/mol. The van der Waals surface area contributed by atoms with Crippen LogP contribution in [0.25, 0.3) is 22.0 Å². The van der Waals surface area contributed by atoms with E-state index in [9.17, 15) is 4.39 Å². The van der Waals surface area contributed by atoms with Crippen LogP contribution in [-0.2, 0) is 6.54 Å². The van der Waals surface area contributed by atoms with Gasteiger partial charge in [0.1, 0.15) is 17.4 Å². The number of tetrazole rings is 1. The van der Waals surface area contributed by atoms with Gasteiger partial charge in [-0.15, -0.1) is 21.5 Å². The van der Waals surface area contributed by atoms with E-state index < -0.39 is 0 Å². The van der Waals surface area contributed by atoms with Crippen molar-refractivity contribution in [2.24, 2.45) is 0 Å². The van der Waals surface area contributed by atoms with Crippen LogP contribution in [0.15, 0.2) is 53.9 Å². The Labute approximate surface area is 151 Å². The van der Waals surface area contributed by atoms with Crippen LogP contribution in [0, 0.1) is 5.82 Å². The highest BCUT2D eigenvalue weighted by Gasteiger charge is 2.10. The molecule has 0 fully saturated rings. The normalized spacial score (nSPS) is 11.0. The molecule has 0 atom stereocenters. The highest BCUT2D eigenvalue weighted by Crippen LogP contribution is 2.25. The average molecular weight is 372 g/mol. The summed E-state index contributed by atoms with van der Waals surface area (Å²) in [5.74, 6) is 0.0496. The zero-order valence-electron chi connectivity index (χ0n) is 12.8. The molecule has 0 amide bonds. The van der Waals surface area contributed by atoms with Gasteiger partial charge in [0.2, 0.25) is 5.82 Å². The fourth-order valence-electron chi connectivity index (χ4n) is 2.30. The first-order chi connectivity index (χ1) is 12.2.